The van der Waals surface area contributed by atoms with Crippen LogP contribution in [-0.4, -0.2) is 22.5 Å². The van der Waals surface area contributed by atoms with Crippen LogP contribution >= 0.6 is 0 Å². The van der Waals surface area contributed by atoms with Crippen LogP contribution in [-0.2, 0) is 13.0 Å². The van der Waals surface area contributed by atoms with Gasteiger partial charge in [0.1, 0.15) is 0 Å². The Morgan fingerprint density at radius 3 is 2.76 bits per heavy atom. The molecule has 34 heavy (non-hydrogen) atoms. The van der Waals surface area contributed by atoms with Crippen molar-refractivity contribution < 1.29 is 0 Å². The molecule has 1 aliphatic carbocycles. The maximum absolute atomic E-state index is 4.77. The van der Waals surface area contributed by atoms with E-state index in [-0.39, 0.29) is 0 Å². The van der Waals surface area contributed by atoms with Crippen LogP contribution in [0.2, 0.25) is 0 Å². The molecule has 2 heterocycles. The van der Waals surface area contributed by atoms with Gasteiger partial charge in [-0.05, 0) is 66.1 Å². The molecule has 0 amide bonds. The SMILES string of the molecule is Cc1ccc(Nc2cccc3c2CCN(C2CC#CCC2)C3)cc1-c1cc2ccccc2cn1. The predicted octanol–water partition coefficient (Wildman–Crippen LogP) is 6.87. The molecule has 3 nitrogen and oxygen atoms in total. The summed E-state index contributed by atoms with van der Waals surface area (Å²) in [6, 6.07) is 24.5. The van der Waals surface area contributed by atoms with Crippen LogP contribution in [0.5, 0.6) is 0 Å². The molecule has 6 rings (SSSR count). The lowest BCUT2D eigenvalue weighted by Gasteiger charge is -2.36. The molecule has 3 aromatic carbocycles. The lowest BCUT2D eigenvalue weighted by Crippen LogP contribution is -2.39. The highest BCUT2D eigenvalue weighted by Crippen LogP contribution is 2.33. The number of aromatic nitrogens is 1. The zero-order chi connectivity index (χ0) is 22.9. The molecule has 1 aromatic heterocycles. The van der Waals surface area contributed by atoms with Crippen LogP contribution in [0.4, 0.5) is 11.4 Å². The lowest BCUT2D eigenvalue weighted by molar-refractivity contribution is 0.171. The third-order valence-electron chi connectivity index (χ3n) is 7.30. The minimum Gasteiger partial charge on any atom is -0.355 e. The van der Waals surface area contributed by atoms with Crippen molar-refractivity contribution in [3.8, 4) is 23.1 Å². The normalized spacial score (nSPS) is 17.6. The van der Waals surface area contributed by atoms with Gasteiger partial charge in [-0.1, -0.05) is 42.5 Å². The fraction of sp³-hybridized carbons (Fsp3) is 0.258. The molecule has 0 spiro atoms. The first kappa shape index (κ1) is 21.0. The standard InChI is InChI=1S/C31H29N3/c1-22-14-15-26(19-29(22)31-18-23-8-5-6-9-24(23)20-32-31)33-30-13-7-10-25-21-34(17-16-28(25)30)27-11-3-2-4-12-27/h5-10,13-15,18-20,27,33H,3,11-12,16-17,21H2,1H3. The van der Waals surface area contributed by atoms with Crippen molar-refractivity contribution in [1.29, 1.82) is 0 Å². The molecule has 3 heteroatoms. The molecule has 1 atom stereocenters. The highest BCUT2D eigenvalue weighted by atomic mass is 15.2. The predicted molar refractivity (Wildman–Crippen MR) is 141 cm³/mol. The number of hydrogen-bond acceptors (Lipinski definition) is 3. The molecule has 2 aliphatic rings. The summed E-state index contributed by atoms with van der Waals surface area (Å²) < 4.78 is 0. The summed E-state index contributed by atoms with van der Waals surface area (Å²) in [5.74, 6) is 6.57. The Hall–Kier alpha value is -3.61. The number of nitrogens with zero attached hydrogens (tertiary/aromatic N) is 2. The van der Waals surface area contributed by atoms with Gasteiger partial charge >= 0.3 is 0 Å². The van der Waals surface area contributed by atoms with E-state index in [1.165, 1.54) is 45.1 Å². The Kier molecular flexibility index (Phi) is 5.53. The van der Waals surface area contributed by atoms with Crippen LogP contribution in [0.1, 0.15) is 36.0 Å². The second kappa shape index (κ2) is 8.97. The maximum Gasteiger partial charge on any atom is 0.0711 e. The Bertz CT molecular complexity index is 1430. The van der Waals surface area contributed by atoms with Gasteiger partial charge in [-0.3, -0.25) is 9.88 Å². The number of fused-ring (bicyclic) bond motifs is 2. The Balaban J connectivity index is 1.27. The molecule has 4 aromatic rings. The summed E-state index contributed by atoms with van der Waals surface area (Å²) in [6.07, 6.45) is 6.31. The lowest BCUT2D eigenvalue weighted by atomic mass is 9.94. The molecule has 1 aliphatic heterocycles. The largest absolute Gasteiger partial charge is 0.355 e. The van der Waals surface area contributed by atoms with Crippen molar-refractivity contribution in [3.05, 3.63) is 89.6 Å². The van der Waals surface area contributed by atoms with E-state index >= 15 is 0 Å². The minimum absolute atomic E-state index is 0.611. The number of pyridine rings is 1. The maximum atomic E-state index is 4.77. The van der Waals surface area contributed by atoms with Crippen LogP contribution in [0.3, 0.4) is 0 Å². The second-order valence-electron chi connectivity index (χ2n) is 9.49. The van der Waals surface area contributed by atoms with E-state index in [2.05, 4.69) is 95.7 Å². The summed E-state index contributed by atoms with van der Waals surface area (Å²) >= 11 is 0. The van der Waals surface area contributed by atoms with E-state index in [0.29, 0.717) is 6.04 Å². The molecule has 1 unspecified atom stereocenters. The van der Waals surface area contributed by atoms with Gasteiger partial charge in [0.25, 0.3) is 0 Å². The first-order chi connectivity index (χ1) is 16.7. The fourth-order valence-electron chi connectivity index (χ4n) is 5.35. The summed E-state index contributed by atoms with van der Waals surface area (Å²) in [5, 5.41) is 6.12. The quantitative estimate of drug-likeness (QED) is 0.349. The molecule has 0 fully saturated rings. The second-order valence-corrected chi connectivity index (χ2v) is 9.49. The van der Waals surface area contributed by atoms with E-state index < -0.39 is 0 Å². The van der Waals surface area contributed by atoms with E-state index in [0.717, 1.165) is 43.7 Å². The number of nitrogens with one attached hydrogen (secondary N) is 1. The van der Waals surface area contributed by atoms with Crippen LogP contribution in [0.25, 0.3) is 22.0 Å². The number of aryl methyl sites for hydroxylation is 1. The van der Waals surface area contributed by atoms with E-state index in [1.54, 1.807) is 0 Å². The third-order valence-corrected chi connectivity index (χ3v) is 7.30. The number of benzene rings is 3. The molecule has 1 N–H and O–H groups in total. The average Bonchev–Trinajstić information content (AvgIpc) is 2.90. The van der Waals surface area contributed by atoms with Crippen molar-refractivity contribution in [2.24, 2.45) is 0 Å². The van der Waals surface area contributed by atoms with Crippen molar-refractivity contribution in [1.82, 2.24) is 9.88 Å². The molecule has 0 radical (unpaired) electrons. The summed E-state index contributed by atoms with van der Waals surface area (Å²) in [5.41, 5.74) is 8.64. The Morgan fingerprint density at radius 1 is 0.971 bits per heavy atom. The Labute approximate surface area is 201 Å². The molecular weight excluding hydrogens is 414 g/mol. The Morgan fingerprint density at radius 2 is 1.88 bits per heavy atom. The van der Waals surface area contributed by atoms with E-state index in [4.69, 9.17) is 4.98 Å². The monoisotopic (exact) mass is 443 g/mol. The zero-order valence-electron chi connectivity index (χ0n) is 19.6. The number of hydrogen-bond donors (Lipinski definition) is 1. The molecule has 0 saturated carbocycles. The fourth-order valence-corrected chi connectivity index (χ4v) is 5.35. The zero-order valence-corrected chi connectivity index (χ0v) is 19.6. The highest BCUT2D eigenvalue weighted by Gasteiger charge is 2.25. The first-order valence-electron chi connectivity index (χ1n) is 12.3. The van der Waals surface area contributed by atoms with Gasteiger partial charge < -0.3 is 5.32 Å². The van der Waals surface area contributed by atoms with Crippen LogP contribution in [0.15, 0.2) is 72.9 Å². The van der Waals surface area contributed by atoms with Crippen molar-refractivity contribution in [3.63, 3.8) is 0 Å². The van der Waals surface area contributed by atoms with Gasteiger partial charge in [-0.15, -0.1) is 11.8 Å². The molecule has 0 saturated heterocycles. The van der Waals surface area contributed by atoms with Gasteiger partial charge in [0.05, 0.1) is 5.69 Å². The van der Waals surface area contributed by atoms with Gasteiger partial charge in [0, 0.05) is 60.5 Å². The molecular formula is C31H29N3. The summed E-state index contributed by atoms with van der Waals surface area (Å²) in [6.45, 7) is 4.29. The highest BCUT2D eigenvalue weighted by molar-refractivity contribution is 5.86. The van der Waals surface area contributed by atoms with Gasteiger partial charge in [-0.2, -0.15) is 0 Å². The van der Waals surface area contributed by atoms with Crippen molar-refractivity contribution in [2.45, 2.75) is 45.2 Å². The molecule has 168 valence electrons. The van der Waals surface area contributed by atoms with Crippen molar-refractivity contribution in [2.75, 3.05) is 11.9 Å². The van der Waals surface area contributed by atoms with E-state index in [9.17, 15) is 0 Å². The first-order valence-corrected chi connectivity index (χ1v) is 12.3. The van der Waals surface area contributed by atoms with Crippen LogP contribution in [0, 0.1) is 18.8 Å². The smallest absolute Gasteiger partial charge is 0.0711 e. The minimum atomic E-state index is 0.611. The third kappa shape index (κ3) is 4.06. The van der Waals surface area contributed by atoms with E-state index in [1.807, 2.05) is 6.20 Å². The van der Waals surface area contributed by atoms with Gasteiger partial charge in [-0.25, -0.2) is 0 Å². The van der Waals surface area contributed by atoms with Crippen LogP contribution < -0.4 is 5.32 Å². The average molecular weight is 444 g/mol. The van der Waals surface area contributed by atoms with Crippen molar-refractivity contribution >= 4 is 22.1 Å². The number of anilines is 2. The molecule has 0 bridgehead atoms. The van der Waals surface area contributed by atoms with Gasteiger partial charge in [0.2, 0.25) is 0 Å². The summed E-state index contributed by atoms with van der Waals surface area (Å²) in [7, 11) is 0. The summed E-state index contributed by atoms with van der Waals surface area (Å²) in [4.78, 5) is 7.40. The topological polar surface area (TPSA) is 28.2 Å². The number of rotatable bonds is 4. The van der Waals surface area contributed by atoms with Gasteiger partial charge in [0.15, 0.2) is 0 Å².